The summed E-state index contributed by atoms with van der Waals surface area (Å²) in [6.07, 6.45) is 5.18. The molecule has 92 valence electrons. The SMILES string of the molecule is CN(C(=O)CC1CCCO1)C1CCCNC1. The Morgan fingerprint density at radius 1 is 1.44 bits per heavy atom. The second kappa shape index (κ2) is 5.64. The van der Waals surface area contributed by atoms with E-state index in [0.717, 1.165) is 39.0 Å². The van der Waals surface area contributed by atoms with Crippen LogP contribution in [0.3, 0.4) is 0 Å². The van der Waals surface area contributed by atoms with Crippen molar-refractivity contribution < 1.29 is 9.53 Å². The van der Waals surface area contributed by atoms with Gasteiger partial charge in [0.1, 0.15) is 0 Å². The highest BCUT2D eigenvalue weighted by molar-refractivity contribution is 5.76. The molecule has 2 aliphatic heterocycles. The van der Waals surface area contributed by atoms with Gasteiger partial charge in [0, 0.05) is 26.2 Å². The molecule has 16 heavy (non-hydrogen) atoms. The number of amides is 1. The Morgan fingerprint density at radius 3 is 2.94 bits per heavy atom. The Hall–Kier alpha value is -0.610. The van der Waals surface area contributed by atoms with Crippen LogP contribution in [0.5, 0.6) is 0 Å². The van der Waals surface area contributed by atoms with E-state index >= 15 is 0 Å². The van der Waals surface area contributed by atoms with Crippen molar-refractivity contribution in [2.45, 2.75) is 44.2 Å². The molecule has 0 aromatic rings. The summed E-state index contributed by atoms with van der Waals surface area (Å²) >= 11 is 0. The maximum absolute atomic E-state index is 12.0. The number of hydrogen-bond acceptors (Lipinski definition) is 3. The molecule has 1 N–H and O–H groups in total. The first-order valence-electron chi connectivity index (χ1n) is 6.35. The highest BCUT2D eigenvalue weighted by atomic mass is 16.5. The predicted octanol–water partition coefficient (Wildman–Crippen LogP) is 0.766. The minimum Gasteiger partial charge on any atom is -0.378 e. The number of ether oxygens (including phenoxy) is 1. The van der Waals surface area contributed by atoms with E-state index in [1.165, 1.54) is 6.42 Å². The van der Waals surface area contributed by atoms with Gasteiger partial charge in [0.2, 0.25) is 5.91 Å². The quantitative estimate of drug-likeness (QED) is 0.772. The lowest BCUT2D eigenvalue weighted by molar-refractivity contribution is -0.134. The largest absolute Gasteiger partial charge is 0.378 e. The molecule has 0 spiro atoms. The maximum atomic E-state index is 12.0. The van der Waals surface area contributed by atoms with E-state index in [0.29, 0.717) is 12.5 Å². The zero-order valence-electron chi connectivity index (χ0n) is 10.1. The molecule has 2 rings (SSSR count). The van der Waals surface area contributed by atoms with E-state index in [9.17, 15) is 4.79 Å². The maximum Gasteiger partial charge on any atom is 0.225 e. The Morgan fingerprint density at radius 2 is 2.31 bits per heavy atom. The van der Waals surface area contributed by atoms with Gasteiger partial charge in [-0.1, -0.05) is 0 Å². The molecule has 0 aromatic heterocycles. The first kappa shape index (κ1) is 11.9. The third-order valence-corrected chi connectivity index (χ3v) is 3.64. The smallest absolute Gasteiger partial charge is 0.225 e. The van der Waals surface area contributed by atoms with Gasteiger partial charge in [0.15, 0.2) is 0 Å². The van der Waals surface area contributed by atoms with Crippen molar-refractivity contribution in [3.8, 4) is 0 Å². The van der Waals surface area contributed by atoms with Gasteiger partial charge in [0.05, 0.1) is 12.5 Å². The molecule has 0 saturated carbocycles. The lowest BCUT2D eigenvalue weighted by Gasteiger charge is -2.32. The molecular weight excluding hydrogens is 204 g/mol. The first-order chi connectivity index (χ1) is 7.77. The highest BCUT2D eigenvalue weighted by Gasteiger charge is 2.25. The van der Waals surface area contributed by atoms with Crippen molar-refractivity contribution >= 4 is 5.91 Å². The van der Waals surface area contributed by atoms with Gasteiger partial charge in [-0.2, -0.15) is 0 Å². The van der Waals surface area contributed by atoms with Gasteiger partial charge in [0.25, 0.3) is 0 Å². The molecule has 0 aromatic carbocycles. The van der Waals surface area contributed by atoms with E-state index in [1.807, 2.05) is 11.9 Å². The zero-order chi connectivity index (χ0) is 11.4. The van der Waals surface area contributed by atoms with Crippen molar-refractivity contribution in [2.75, 3.05) is 26.7 Å². The number of nitrogens with one attached hydrogen (secondary N) is 1. The molecule has 2 atom stereocenters. The topological polar surface area (TPSA) is 41.6 Å². The average molecular weight is 226 g/mol. The van der Waals surface area contributed by atoms with Crippen LogP contribution in [-0.2, 0) is 9.53 Å². The third kappa shape index (κ3) is 2.95. The van der Waals surface area contributed by atoms with Crippen molar-refractivity contribution in [3.63, 3.8) is 0 Å². The summed E-state index contributed by atoms with van der Waals surface area (Å²) in [7, 11) is 1.93. The number of nitrogens with zero attached hydrogens (tertiary/aromatic N) is 1. The molecule has 2 aliphatic rings. The molecular formula is C12H22N2O2. The van der Waals surface area contributed by atoms with Crippen LogP contribution in [0.4, 0.5) is 0 Å². The van der Waals surface area contributed by atoms with Crippen molar-refractivity contribution in [1.82, 2.24) is 10.2 Å². The second-order valence-electron chi connectivity index (χ2n) is 4.84. The number of piperidine rings is 1. The van der Waals surface area contributed by atoms with Crippen LogP contribution in [0.15, 0.2) is 0 Å². The molecule has 4 nitrogen and oxygen atoms in total. The summed E-state index contributed by atoms with van der Waals surface area (Å²) in [5.41, 5.74) is 0. The van der Waals surface area contributed by atoms with Gasteiger partial charge in [-0.15, -0.1) is 0 Å². The molecule has 0 radical (unpaired) electrons. The molecule has 1 amide bonds. The third-order valence-electron chi connectivity index (χ3n) is 3.64. The number of carbonyl (C=O) groups excluding carboxylic acids is 1. The number of hydrogen-bond donors (Lipinski definition) is 1. The van der Waals surface area contributed by atoms with Crippen LogP contribution >= 0.6 is 0 Å². The van der Waals surface area contributed by atoms with Crippen LogP contribution in [0.25, 0.3) is 0 Å². The van der Waals surface area contributed by atoms with E-state index in [-0.39, 0.29) is 12.0 Å². The standard InChI is InChI=1S/C12H22N2O2/c1-14(10-4-2-6-13-9-10)12(15)8-11-5-3-7-16-11/h10-11,13H,2-9H2,1H3. The fourth-order valence-electron chi connectivity index (χ4n) is 2.51. The lowest BCUT2D eigenvalue weighted by atomic mass is 10.1. The molecule has 2 saturated heterocycles. The molecule has 2 heterocycles. The van der Waals surface area contributed by atoms with Crippen LogP contribution in [0.1, 0.15) is 32.1 Å². The van der Waals surface area contributed by atoms with Crippen LogP contribution < -0.4 is 5.32 Å². The highest BCUT2D eigenvalue weighted by Crippen LogP contribution is 2.17. The fraction of sp³-hybridized carbons (Fsp3) is 0.917. The summed E-state index contributed by atoms with van der Waals surface area (Å²) in [5.74, 6) is 0.237. The van der Waals surface area contributed by atoms with Gasteiger partial charge in [-0.05, 0) is 32.2 Å². The second-order valence-corrected chi connectivity index (χ2v) is 4.84. The van der Waals surface area contributed by atoms with Crippen LogP contribution in [0, 0.1) is 0 Å². The van der Waals surface area contributed by atoms with Crippen molar-refractivity contribution in [3.05, 3.63) is 0 Å². The Balaban J connectivity index is 1.78. The molecule has 2 unspecified atom stereocenters. The van der Waals surface area contributed by atoms with Gasteiger partial charge in [-0.3, -0.25) is 4.79 Å². The van der Waals surface area contributed by atoms with E-state index in [1.54, 1.807) is 0 Å². The number of carbonyl (C=O) groups is 1. The minimum absolute atomic E-state index is 0.173. The molecule has 0 aliphatic carbocycles. The summed E-state index contributed by atoms with van der Waals surface area (Å²) in [5, 5.41) is 3.34. The predicted molar refractivity (Wildman–Crippen MR) is 62.3 cm³/mol. The summed E-state index contributed by atoms with van der Waals surface area (Å²) < 4.78 is 5.50. The van der Waals surface area contributed by atoms with Crippen molar-refractivity contribution in [1.29, 1.82) is 0 Å². The summed E-state index contributed by atoms with van der Waals surface area (Å²) in [4.78, 5) is 13.9. The summed E-state index contributed by atoms with van der Waals surface area (Å²) in [6.45, 7) is 2.85. The van der Waals surface area contributed by atoms with E-state index < -0.39 is 0 Å². The molecule has 2 fully saturated rings. The Bertz CT molecular complexity index is 233. The van der Waals surface area contributed by atoms with Crippen LogP contribution in [-0.4, -0.2) is 49.7 Å². The van der Waals surface area contributed by atoms with Gasteiger partial charge >= 0.3 is 0 Å². The Kier molecular flexibility index (Phi) is 4.18. The van der Waals surface area contributed by atoms with E-state index in [2.05, 4.69) is 5.32 Å². The molecule has 4 heteroatoms. The lowest BCUT2D eigenvalue weighted by Crippen LogP contribution is -2.47. The number of likely N-dealkylation sites (N-methyl/N-ethyl adjacent to an activating group) is 1. The normalized spacial score (nSPS) is 30.3. The number of rotatable bonds is 3. The summed E-state index contributed by atoms with van der Waals surface area (Å²) in [6, 6.07) is 0.377. The monoisotopic (exact) mass is 226 g/mol. The van der Waals surface area contributed by atoms with E-state index in [4.69, 9.17) is 4.74 Å². The minimum atomic E-state index is 0.173. The van der Waals surface area contributed by atoms with Crippen LogP contribution in [0.2, 0.25) is 0 Å². The fourth-order valence-corrected chi connectivity index (χ4v) is 2.51. The van der Waals surface area contributed by atoms with Gasteiger partial charge < -0.3 is 15.0 Å². The van der Waals surface area contributed by atoms with Gasteiger partial charge in [-0.25, -0.2) is 0 Å². The first-order valence-corrected chi connectivity index (χ1v) is 6.35. The van der Waals surface area contributed by atoms with Crippen molar-refractivity contribution in [2.24, 2.45) is 0 Å². The molecule has 0 bridgehead atoms. The average Bonchev–Trinajstić information content (AvgIpc) is 2.82. The Labute approximate surface area is 97.3 Å². The zero-order valence-corrected chi connectivity index (χ0v) is 10.1.